The molecule has 0 spiro atoms. The molecule has 6 heteroatoms. The molecule has 3 amide bonds. The van der Waals surface area contributed by atoms with E-state index in [4.69, 9.17) is 0 Å². The fraction of sp³-hybridized carbons (Fsp3) is 0.407. The van der Waals surface area contributed by atoms with Gasteiger partial charge in [-0.1, -0.05) is 71.9 Å². The second-order valence-electron chi connectivity index (χ2n) is 10.3. The molecule has 33 heavy (non-hydrogen) atoms. The maximum absolute atomic E-state index is 13.1. The number of rotatable bonds is 7. The number of halogens is 1. The van der Waals surface area contributed by atoms with Gasteiger partial charge in [0.2, 0.25) is 5.91 Å². The first-order valence-corrected chi connectivity index (χ1v) is 12.2. The highest BCUT2D eigenvalue weighted by Crippen LogP contribution is 2.33. The van der Waals surface area contributed by atoms with Gasteiger partial charge < -0.3 is 16.0 Å². The Morgan fingerprint density at radius 3 is 2.18 bits per heavy atom. The van der Waals surface area contributed by atoms with Crippen LogP contribution in [0.3, 0.4) is 0 Å². The first kappa shape index (κ1) is 26.9. The maximum Gasteiger partial charge on any atom is 0.319 e. The molecule has 0 heterocycles. The van der Waals surface area contributed by atoms with E-state index < -0.39 is 12.1 Å². The second kappa shape index (κ2) is 11.2. The summed E-state index contributed by atoms with van der Waals surface area (Å²) in [7, 11) is 0. The van der Waals surface area contributed by atoms with Crippen molar-refractivity contribution in [2.24, 2.45) is 0 Å². The normalized spacial score (nSPS) is 12.6. The van der Waals surface area contributed by atoms with Gasteiger partial charge in [0.25, 0.3) is 0 Å². The summed E-state index contributed by atoms with van der Waals surface area (Å²) in [5, 5.41) is 8.69. The van der Waals surface area contributed by atoms with Gasteiger partial charge in [0, 0.05) is 22.2 Å². The predicted octanol–water partition coefficient (Wildman–Crippen LogP) is 5.92. The third-order valence-electron chi connectivity index (χ3n) is 5.34. The summed E-state index contributed by atoms with van der Waals surface area (Å²) >= 11 is 2.24. The molecule has 0 aliphatic carbocycles. The molecule has 0 unspecified atom stereocenters. The van der Waals surface area contributed by atoms with E-state index in [0.29, 0.717) is 13.0 Å². The average molecular weight is 562 g/mol. The Morgan fingerprint density at radius 1 is 1.00 bits per heavy atom. The van der Waals surface area contributed by atoms with Crippen LogP contribution in [-0.2, 0) is 22.0 Å². The van der Waals surface area contributed by atoms with E-state index in [2.05, 4.69) is 98.8 Å². The number of carbonyl (C=O) groups excluding carboxylic acids is 2. The molecule has 5 nitrogen and oxygen atoms in total. The number of hydrogen-bond acceptors (Lipinski definition) is 2. The number of hydrogen-bond donors (Lipinski definition) is 3. The smallest absolute Gasteiger partial charge is 0.319 e. The molecule has 0 aliphatic rings. The Kier molecular flexibility index (Phi) is 9.12. The SMILES string of the molecule is C=CCNC(=O)[C@@H](Cc1ccc(I)cc1)NC(=O)Nc1cc(C(C)(C)C)ccc1C(C)(C)C. The van der Waals surface area contributed by atoms with Gasteiger partial charge in [0.05, 0.1) is 0 Å². The van der Waals surface area contributed by atoms with Crippen molar-refractivity contribution < 1.29 is 9.59 Å². The third-order valence-corrected chi connectivity index (χ3v) is 6.06. The van der Waals surface area contributed by atoms with Crippen molar-refractivity contribution in [3.05, 3.63) is 75.4 Å². The first-order chi connectivity index (χ1) is 15.3. The van der Waals surface area contributed by atoms with Crippen LogP contribution in [0.2, 0.25) is 0 Å². The van der Waals surface area contributed by atoms with E-state index in [1.165, 1.54) is 0 Å². The topological polar surface area (TPSA) is 70.2 Å². The largest absolute Gasteiger partial charge is 0.351 e. The lowest BCUT2D eigenvalue weighted by Crippen LogP contribution is -2.49. The van der Waals surface area contributed by atoms with E-state index in [1.807, 2.05) is 30.3 Å². The minimum atomic E-state index is -0.714. The van der Waals surface area contributed by atoms with Crippen LogP contribution in [0.1, 0.15) is 58.2 Å². The molecule has 0 aliphatic heterocycles. The molecule has 0 radical (unpaired) electrons. The summed E-state index contributed by atoms with van der Waals surface area (Å²) in [6.07, 6.45) is 2.01. The third kappa shape index (κ3) is 8.18. The zero-order chi connectivity index (χ0) is 24.8. The number of urea groups is 1. The molecular formula is C27H36IN3O2. The quantitative estimate of drug-likeness (QED) is 0.290. The van der Waals surface area contributed by atoms with Crippen molar-refractivity contribution in [1.29, 1.82) is 0 Å². The van der Waals surface area contributed by atoms with Gasteiger partial charge in [-0.05, 0) is 68.3 Å². The molecule has 0 aromatic heterocycles. The molecule has 0 bridgehead atoms. The van der Waals surface area contributed by atoms with Gasteiger partial charge in [-0.3, -0.25) is 4.79 Å². The highest BCUT2D eigenvalue weighted by Gasteiger charge is 2.25. The Labute approximate surface area is 212 Å². The second-order valence-corrected chi connectivity index (χ2v) is 11.5. The van der Waals surface area contributed by atoms with Crippen molar-refractivity contribution in [3.8, 4) is 0 Å². The number of anilines is 1. The standard InChI is InChI=1S/C27H36IN3O2/c1-8-15-29-24(32)23(16-18-9-12-20(28)13-10-18)31-25(33)30-22-17-19(26(2,3)4)11-14-21(22)27(5,6)7/h8-14,17,23H,1,15-16H2,2-7H3,(H,29,32)(H2,30,31,33)/t23-/m1/s1. The average Bonchev–Trinajstić information content (AvgIpc) is 2.71. The maximum atomic E-state index is 13.1. The molecule has 1 atom stereocenters. The molecular weight excluding hydrogens is 525 g/mol. The van der Waals surface area contributed by atoms with Crippen LogP contribution in [0, 0.1) is 3.57 Å². The van der Waals surface area contributed by atoms with Gasteiger partial charge in [-0.15, -0.1) is 6.58 Å². The van der Waals surface area contributed by atoms with E-state index >= 15 is 0 Å². The van der Waals surface area contributed by atoms with Crippen LogP contribution in [0.4, 0.5) is 10.5 Å². The summed E-state index contributed by atoms with van der Waals surface area (Å²) in [4.78, 5) is 25.8. The first-order valence-electron chi connectivity index (χ1n) is 11.2. The Hall–Kier alpha value is -2.35. The summed E-state index contributed by atoms with van der Waals surface area (Å²) in [5.41, 5.74) is 3.69. The molecule has 0 saturated heterocycles. The van der Waals surface area contributed by atoms with Gasteiger partial charge in [0.15, 0.2) is 0 Å². The lowest BCUT2D eigenvalue weighted by atomic mass is 9.81. The zero-order valence-electron chi connectivity index (χ0n) is 20.5. The predicted molar refractivity (Wildman–Crippen MR) is 146 cm³/mol. The number of benzene rings is 2. The lowest BCUT2D eigenvalue weighted by molar-refractivity contribution is -0.122. The summed E-state index contributed by atoms with van der Waals surface area (Å²) in [6.45, 7) is 16.8. The van der Waals surface area contributed by atoms with Gasteiger partial charge in [-0.2, -0.15) is 0 Å². The summed E-state index contributed by atoms with van der Waals surface area (Å²) < 4.78 is 1.11. The van der Waals surface area contributed by atoms with Gasteiger partial charge in [-0.25, -0.2) is 4.79 Å². The van der Waals surface area contributed by atoms with Crippen LogP contribution in [0.25, 0.3) is 0 Å². The molecule has 0 fully saturated rings. The number of amides is 3. The monoisotopic (exact) mass is 561 g/mol. The molecule has 178 valence electrons. The molecule has 2 rings (SSSR count). The van der Waals surface area contributed by atoms with Crippen LogP contribution in [-0.4, -0.2) is 24.5 Å². The lowest BCUT2D eigenvalue weighted by Gasteiger charge is -2.27. The van der Waals surface area contributed by atoms with E-state index in [0.717, 1.165) is 25.9 Å². The number of carbonyl (C=O) groups is 2. The van der Waals surface area contributed by atoms with Crippen LogP contribution >= 0.6 is 22.6 Å². The minimum Gasteiger partial charge on any atom is -0.351 e. The van der Waals surface area contributed by atoms with Crippen LogP contribution in [0.5, 0.6) is 0 Å². The Bertz CT molecular complexity index is 986. The van der Waals surface area contributed by atoms with Crippen molar-refractivity contribution in [2.45, 2.75) is 64.8 Å². The van der Waals surface area contributed by atoms with Gasteiger partial charge in [0.1, 0.15) is 6.04 Å². The van der Waals surface area contributed by atoms with Gasteiger partial charge >= 0.3 is 6.03 Å². The molecule has 0 saturated carbocycles. The zero-order valence-corrected chi connectivity index (χ0v) is 22.7. The van der Waals surface area contributed by atoms with Crippen molar-refractivity contribution >= 4 is 40.2 Å². The van der Waals surface area contributed by atoms with E-state index in [1.54, 1.807) is 6.08 Å². The van der Waals surface area contributed by atoms with E-state index in [-0.39, 0.29) is 16.7 Å². The number of nitrogens with one attached hydrogen (secondary N) is 3. The van der Waals surface area contributed by atoms with Crippen LogP contribution < -0.4 is 16.0 Å². The van der Waals surface area contributed by atoms with E-state index in [9.17, 15) is 9.59 Å². The minimum absolute atomic E-state index is 0.0543. The molecule has 2 aromatic carbocycles. The van der Waals surface area contributed by atoms with Crippen molar-refractivity contribution in [2.75, 3.05) is 11.9 Å². The highest BCUT2D eigenvalue weighted by atomic mass is 127. The van der Waals surface area contributed by atoms with Crippen molar-refractivity contribution in [1.82, 2.24) is 10.6 Å². The van der Waals surface area contributed by atoms with Crippen LogP contribution in [0.15, 0.2) is 55.1 Å². The fourth-order valence-corrected chi connectivity index (χ4v) is 3.81. The Balaban J connectivity index is 2.28. The summed E-state index contributed by atoms with van der Waals surface area (Å²) in [5.74, 6) is -0.247. The molecule has 2 aromatic rings. The Morgan fingerprint density at radius 2 is 1.64 bits per heavy atom. The fourth-order valence-electron chi connectivity index (χ4n) is 3.45. The van der Waals surface area contributed by atoms with Crippen molar-refractivity contribution in [3.63, 3.8) is 0 Å². The summed E-state index contributed by atoms with van der Waals surface area (Å²) in [6, 6.07) is 13.0. The molecule has 3 N–H and O–H groups in total. The highest BCUT2D eigenvalue weighted by molar-refractivity contribution is 14.1.